The Morgan fingerprint density at radius 1 is 1.22 bits per heavy atom. The molecule has 2 rings (SSSR count). The highest BCUT2D eigenvalue weighted by Crippen LogP contribution is 2.36. The Balaban J connectivity index is 2.26. The summed E-state index contributed by atoms with van der Waals surface area (Å²) < 4.78 is 11.8. The number of ether oxygens (including phenoxy) is 2. The maximum absolute atomic E-state index is 5.99. The van der Waals surface area contributed by atoms with Crippen molar-refractivity contribution in [2.24, 2.45) is 0 Å². The molecule has 0 atom stereocenters. The average molecular weight is 249 g/mol. The summed E-state index contributed by atoms with van der Waals surface area (Å²) in [4.78, 5) is 4.44. The zero-order valence-corrected chi connectivity index (χ0v) is 12.0. The van der Waals surface area contributed by atoms with Crippen LogP contribution in [0, 0.1) is 0 Å². The fourth-order valence-electron chi connectivity index (χ4n) is 1.62. The monoisotopic (exact) mass is 249 g/mol. The van der Waals surface area contributed by atoms with Gasteiger partial charge in [0.1, 0.15) is 5.60 Å². The number of hydrogen-bond acceptors (Lipinski definition) is 3. The average Bonchev–Trinajstić information content (AvgIpc) is 3.02. The highest BCUT2D eigenvalue weighted by atomic mass is 16.5. The van der Waals surface area contributed by atoms with Gasteiger partial charge in [0.25, 0.3) is 0 Å². The van der Waals surface area contributed by atoms with Gasteiger partial charge in [0.05, 0.1) is 12.3 Å². The van der Waals surface area contributed by atoms with Gasteiger partial charge >= 0.3 is 0 Å². The van der Waals surface area contributed by atoms with Gasteiger partial charge in [-0.25, -0.2) is 0 Å². The molecule has 1 aliphatic carbocycles. The van der Waals surface area contributed by atoms with Gasteiger partial charge in [0, 0.05) is 11.8 Å². The number of nitrogens with zero attached hydrogens (tertiary/aromatic N) is 1. The third kappa shape index (κ3) is 3.62. The first-order chi connectivity index (χ1) is 8.35. The van der Waals surface area contributed by atoms with Crippen molar-refractivity contribution in [3.05, 3.63) is 18.0 Å². The minimum absolute atomic E-state index is 0.225. The molecule has 3 nitrogen and oxygen atoms in total. The molecule has 0 radical (unpaired) electrons. The van der Waals surface area contributed by atoms with Crippen LogP contribution in [0.4, 0.5) is 0 Å². The van der Waals surface area contributed by atoms with Crippen molar-refractivity contribution in [3.8, 4) is 11.5 Å². The Kier molecular flexibility index (Phi) is 3.51. The summed E-state index contributed by atoms with van der Waals surface area (Å²) in [5.41, 5.74) is 0.814. The number of hydrogen-bond donors (Lipinski definition) is 0. The van der Waals surface area contributed by atoms with E-state index in [1.165, 1.54) is 0 Å². The maximum atomic E-state index is 5.99. The minimum Gasteiger partial charge on any atom is -0.485 e. The second kappa shape index (κ2) is 4.79. The van der Waals surface area contributed by atoms with E-state index >= 15 is 0 Å². The van der Waals surface area contributed by atoms with Crippen LogP contribution < -0.4 is 9.47 Å². The molecule has 0 aliphatic heterocycles. The first kappa shape index (κ1) is 13.2. The van der Waals surface area contributed by atoms with Gasteiger partial charge in [-0.15, -0.1) is 0 Å². The summed E-state index contributed by atoms with van der Waals surface area (Å²) >= 11 is 0. The molecule has 1 aromatic rings. The molecule has 0 spiro atoms. The first-order valence-corrected chi connectivity index (χ1v) is 6.71. The van der Waals surface area contributed by atoms with Crippen LogP contribution in [0.2, 0.25) is 0 Å². The summed E-state index contributed by atoms with van der Waals surface area (Å²) in [5, 5.41) is 0. The van der Waals surface area contributed by atoms with E-state index in [1.807, 2.05) is 26.8 Å². The molecule has 0 bridgehead atoms. The Bertz CT molecular complexity index is 417. The molecule has 1 aromatic heterocycles. The van der Waals surface area contributed by atoms with Crippen LogP contribution in [0.25, 0.3) is 0 Å². The van der Waals surface area contributed by atoms with E-state index in [2.05, 4.69) is 18.8 Å². The van der Waals surface area contributed by atoms with Crippen molar-refractivity contribution in [1.29, 1.82) is 0 Å². The summed E-state index contributed by atoms with van der Waals surface area (Å²) in [6.45, 7) is 10.4. The first-order valence-electron chi connectivity index (χ1n) is 6.71. The van der Waals surface area contributed by atoms with Crippen LogP contribution in [0.3, 0.4) is 0 Å². The summed E-state index contributed by atoms with van der Waals surface area (Å²) in [5.74, 6) is 1.98. The highest BCUT2D eigenvalue weighted by molar-refractivity contribution is 5.40. The van der Waals surface area contributed by atoms with Crippen molar-refractivity contribution in [2.75, 3.05) is 0 Å². The molecule has 1 fully saturated rings. The Morgan fingerprint density at radius 3 is 2.39 bits per heavy atom. The maximum Gasteiger partial charge on any atom is 0.179 e. The van der Waals surface area contributed by atoms with Gasteiger partial charge in [0.2, 0.25) is 0 Å². The molecule has 100 valence electrons. The van der Waals surface area contributed by atoms with Gasteiger partial charge in [-0.1, -0.05) is 13.8 Å². The quantitative estimate of drug-likeness (QED) is 0.810. The molecule has 0 amide bonds. The number of rotatable bonds is 4. The van der Waals surface area contributed by atoms with E-state index < -0.39 is 0 Å². The Labute approximate surface area is 110 Å². The van der Waals surface area contributed by atoms with Crippen LogP contribution >= 0.6 is 0 Å². The van der Waals surface area contributed by atoms with Crippen LogP contribution in [0.5, 0.6) is 11.5 Å². The minimum atomic E-state index is -0.225. The lowest BCUT2D eigenvalue weighted by atomic mass is 10.1. The third-order valence-electron chi connectivity index (χ3n) is 2.68. The van der Waals surface area contributed by atoms with E-state index in [-0.39, 0.29) is 5.60 Å². The van der Waals surface area contributed by atoms with Crippen molar-refractivity contribution in [2.45, 2.75) is 65.1 Å². The van der Waals surface area contributed by atoms with E-state index in [1.54, 1.807) is 6.20 Å². The molecule has 1 aliphatic rings. The Morgan fingerprint density at radius 2 is 1.89 bits per heavy atom. The highest BCUT2D eigenvalue weighted by Gasteiger charge is 2.26. The van der Waals surface area contributed by atoms with Crippen molar-refractivity contribution < 1.29 is 9.47 Å². The lowest BCUT2D eigenvalue weighted by Crippen LogP contribution is -2.23. The van der Waals surface area contributed by atoms with Crippen molar-refractivity contribution in [3.63, 3.8) is 0 Å². The summed E-state index contributed by atoms with van der Waals surface area (Å²) in [7, 11) is 0. The van der Waals surface area contributed by atoms with Crippen LogP contribution in [-0.2, 0) is 0 Å². The predicted molar refractivity (Wildman–Crippen MR) is 72.4 cm³/mol. The number of aromatic nitrogens is 1. The molecule has 0 saturated heterocycles. The van der Waals surface area contributed by atoms with Gasteiger partial charge in [-0.3, -0.25) is 4.98 Å². The van der Waals surface area contributed by atoms with Crippen LogP contribution in [0.1, 0.15) is 59.1 Å². The lowest BCUT2D eigenvalue weighted by molar-refractivity contribution is 0.122. The fraction of sp³-hybridized carbons (Fsp3) is 0.667. The lowest BCUT2D eigenvalue weighted by Gasteiger charge is -2.23. The molecule has 1 saturated carbocycles. The van der Waals surface area contributed by atoms with Crippen LogP contribution in [-0.4, -0.2) is 16.7 Å². The second-order valence-corrected chi connectivity index (χ2v) is 6.24. The standard InChI is InChI=1S/C15H23NO2/c1-10(2)12-8-13(18-15(3,4)5)14(9-16-12)17-11-6-7-11/h8-11H,6-7H2,1-5H3. The zero-order valence-electron chi connectivity index (χ0n) is 12.0. The van der Waals surface area contributed by atoms with E-state index in [0.29, 0.717) is 12.0 Å². The molecule has 0 aromatic carbocycles. The summed E-state index contributed by atoms with van der Waals surface area (Å²) in [6, 6.07) is 2.01. The molecule has 3 heteroatoms. The number of pyridine rings is 1. The SMILES string of the molecule is CC(C)c1cc(OC(C)(C)C)c(OC2CC2)cn1. The van der Waals surface area contributed by atoms with E-state index in [4.69, 9.17) is 9.47 Å². The topological polar surface area (TPSA) is 31.4 Å². The fourth-order valence-corrected chi connectivity index (χ4v) is 1.62. The Hall–Kier alpha value is -1.25. The van der Waals surface area contributed by atoms with Crippen molar-refractivity contribution in [1.82, 2.24) is 4.98 Å². The molecule has 18 heavy (non-hydrogen) atoms. The zero-order chi connectivity index (χ0) is 13.3. The molecular weight excluding hydrogens is 226 g/mol. The molecule has 1 heterocycles. The largest absolute Gasteiger partial charge is 0.485 e. The molecule has 0 N–H and O–H groups in total. The van der Waals surface area contributed by atoms with E-state index in [0.717, 1.165) is 30.0 Å². The van der Waals surface area contributed by atoms with Crippen molar-refractivity contribution >= 4 is 0 Å². The summed E-state index contributed by atoms with van der Waals surface area (Å²) in [6.07, 6.45) is 4.44. The van der Waals surface area contributed by atoms with Gasteiger partial charge < -0.3 is 9.47 Å². The predicted octanol–water partition coefficient (Wildman–Crippen LogP) is 3.92. The third-order valence-corrected chi connectivity index (χ3v) is 2.68. The van der Waals surface area contributed by atoms with Gasteiger partial charge in [0.15, 0.2) is 11.5 Å². The normalized spacial score (nSPS) is 15.9. The van der Waals surface area contributed by atoms with E-state index in [9.17, 15) is 0 Å². The smallest absolute Gasteiger partial charge is 0.179 e. The van der Waals surface area contributed by atoms with Crippen LogP contribution in [0.15, 0.2) is 12.3 Å². The second-order valence-electron chi connectivity index (χ2n) is 6.24. The molecular formula is C15H23NO2. The van der Waals surface area contributed by atoms with Gasteiger partial charge in [-0.05, 0) is 39.5 Å². The van der Waals surface area contributed by atoms with Gasteiger partial charge in [-0.2, -0.15) is 0 Å². The molecule has 0 unspecified atom stereocenters.